The van der Waals surface area contributed by atoms with Crippen molar-refractivity contribution in [2.24, 2.45) is 0 Å². The summed E-state index contributed by atoms with van der Waals surface area (Å²) in [6, 6.07) is 12.9. The van der Waals surface area contributed by atoms with E-state index in [9.17, 15) is 14.4 Å². The maximum Gasteiger partial charge on any atom is 0.429 e. The molecule has 1 amide bonds. The number of carbonyl (C=O) groups excluding carboxylic acids is 2. The average molecular weight is 632 g/mol. The van der Waals surface area contributed by atoms with E-state index in [4.69, 9.17) is 18.9 Å². The number of carbonyl (C=O) groups is 2. The van der Waals surface area contributed by atoms with Gasteiger partial charge >= 0.3 is 12.1 Å². The van der Waals surface area contributed by atoms with Gasteiger partial charge in [-0.15, -0.1) is 0 Å². The monoisotopic (exact) mass is 632 g/mol. The molecule has 2 heterocycles. The zero-order valence-corrected chi connectivity index (χ0v) is 23.8. The minimum atomic E-state index is -0.797. The zero-order valence-electron chi connectivity index (χ0n) is 21.7. The Morgan fingerprint density at radius 1 is 1.16 bits per heavy atom. The summed E-state index contributed by atoms with van der Waals surface area (Å²) in [6.07, 6.45) is 2.74. The number of nitrogens with zero attached hydrogens (tertiary/aromatic N) is 2. The highest BCUT2D eigenvalue weighted by atomic mass is 127. The third-order valence-corrected chi connectivity index (χ3v) is 7.04. The largest absolute Gasteiger partial charge is 0.489 e. The number of hydrogen-bond acceptors (Lipinski definition) is 7. The summed E-state index contributed by atoms with van der Waals surface area (Å²) in [7, 11) is 1.19. The second-order valence-electron chi connectivity index (χ2n) is 9.66. The number of halogens is 1. The Kier molecular flexibility index (Phi) is 8.29. The molecule has 0 atom stereocenters. The first-order valence-electron chi connectivity index (χ1n) is 12.0. The topological polar surface area (TPSA) is 96.3 Å². The molecule has 2 aromatic carbocycles. The molecule has 0 fully saturated rings. The first-order chi connectivity index (χ1) is 18.1. The van der Waals surface area contributed by atoms with Gasteiger partial charge in [-0.25, -0.2) is 14.6 Å². The van der Waals surface area contributed by atoms with Crippen LogP contribution in [0, 0.1) is 3.57 Å². The normalized spacial score (nSPS) is 12.3. The smallest absolute Gasteiger partial charge is 0.429 e. The standard InChI is InChI=1S/C28H29IN2O7/c1-28(2,3)38-27(34)31(30-12-10-22(32)21(16-30)26(33)35-4)15-19-14-23(25-20(24(19)29)11-13-36-25)37-17-18-8-6-5-7-9-18/h5-10,12,14,16H,11,13,15,17H2,1-4H3. The predicted molar refractivity (Wildman–Crippen MR) is 149 cm³/mol. The highest BCUT2D eigenvalue weighted by Gasteiger charge is 2.28. The number of ether oxygens (including phenoxy) is 4. The molecular weight excluding hydrogens is 603 g/mol. The number of aromatic nitrogens is 1. The SMILES string of the molecule is COC(=O)c1cn(N(Cc2cc(OCc3ccccc3)c3c(c2I)CCO3)C(=O)OC(C)(C)C)ccc1=O. The fourth-order valence-electron chi connectivity index (χ4n) is 3.93. The van der Waals surface area contributed by atoms with E-state index in [1.165, 1.54) is 35.3 Å². The lowest BCUT2D eigenvalue weighted by Crippen LogP contribution is -2.44. The molecule has 38 heavy (non-hydrogen) atoms. The number of pyridine rings is 1. The number of methoxy groups -OCH3 is 1. The number of rotatable bonds is 7. The lowest BCUT2D eigenvalue weighted by Gasteiger charge is -2.29. The summed E-state index contributed by atoms with van der Waals surface area (Å²) in [6.45, 7) is 6.26. The lowest BCUT2D eigenvalue weighted by atomic mass is 10.1. The molecule has 1 aromatic heterocycles. The van der Waals surface area contributed by atoms with Crippen molar-refractivity contribution in [1.82, 2.24) is 4.68 Å². The van der Waals surface area contributed by atoms with Gasteiger partial charge in [-0.1, -0.05) is 30.3 Å². The Labute approximate surface area is 234 Å². The van der Waals surface area contributed by atoms with Crippen LogP contribution in [-0.4, -0.2) is 36.1 Å². The quantitative estimate of drug-likeness (QED) is 0.272. The first kappa shape index (κ1) is 27.5. The maximum atomic E-state index is 13.4. The van der Waals surface area contributed by atoms with Gasteiger partial charge in [0.1, 0.15) is 17.8 Å². The molecule has 0 spiro atoms. The van der Waals surface area contributed by atoms with E-state index in [2.05, 4.69) is 22.6 Å². The molecule has 10 heteroatoms. The van der Waals surface area contributed by atoms with Gasteiger partial charge in [0.05, 0.1) is 20.3 Å². The fraction of sp³-hybridized carbons (Fsp3) is 0.321. The molecule has 9 nitrogen and oxygen atoms in total. The number of amides is 1. The highest BCUT2D eigenvalue weighted by molar-refractivity contribution is 14.1. The number of fused-ring (bicyclic) bond motifs is 1. The van der Waals surface area contributed by atoms with Gasteiger partial charge in [0, 0.05) is 34.0 Å². The summed E-state index contributed by atoms with van der Waals surface area (Å²) >= 11 is 2.25. The van der Waals surface area contributed by atoms with E-state index in [0.717, 1.165) is 20.3 Å². The van der Waals surface area contributed by atoms with Crippen LogP contribution >= 0.6 is 22.6 Å². The Bertz CT molecular complexity index is 1400. The minimum Gasteiger partial charge on any atom is -0.489 e. The van der Waals surface area contributed by atoms with Crippen molar-refractivity contribution in [2.45, 2.75) is 45.9 Å². The molecule has 0 N–H and O–H groups in total. The second-order valence-corrected chi connectivity index (χ2v) is 10.7. The molecule has 0 radical (unpaired) electrons. The van der Waals surface area contributed by atoms with Gasteiger partial charge in [-0.05, 0) is 60.6 Å². The van der Waals surface area contributed by atoms with E-state index in [1.807, 2.05) is 36.4 Å². The van der Waals surface area contributed by atoms with Crippen LogP contribution in [0.5, 0.6) is 11.5 Å². The van der Waals surface area contributed by atoms with Crippen molar-refractivity contribution in [2.75, 3.05) is 18.7 Å². The third-order valence-electron chi connectivity index (χ3n) is 5.70. The first-order valence-corrected chi connectivity index (χ1v) is 13.1. The van der Waals surface area contributed by atoms with Gasteiger partial charge in [-0.3, -0.25) is 9.47 Å². The molecule has 0 aliphatic carbocycles. The van der Waals surface area contributed by atoms with E-state index < -0.39 is 23.1 Å². The van der Waals surface area contributed by atoms with Gasteiger partial charge in [-0.2, -0.15) is 0 Å². The van der Waals surface area contributed by atoms with Crippen LogP contribution in [0.2, 0.25) is 0 Å². The van der Waals surface area contributed by atoms with Crippen LogP contribution in [0.3, 0.4) is 0 Å². The van der Waals surface area contributed by atoms with Crippen LogP contribution < -0.4 is 19.9 Å². The summed E-state index contributed by atoms with van der Waals surface area (Å²) < 4.78 is 24.8. The summed E-state index contributed by atoms with van der Waals surface area (Å²) in [5.74, 6) is 0.486. The molecule has 200 valence electrons. The molecular formula is C28H29IN2O7. The Morgan fingerprint density at radius 3 is 2.58 bits per heavy atom. The van der Waals surface area contributed by atoms with Gasteiger partial charge in [0.15, 0.2) is 16.9 Å². The van der Waals surface area contributed by atoms with Gasteiger partial charge < -0.3 is 18.9 Å². The molecule has 0 saturated heterocycles. The molecule has 4 rings (SSSR count). The molecule has 0 bridgehead atoms. The average Bonchev–Trinajstić information content (AvgIpc) is 3.38. The van der Waals surface area contributed by atoms with E-state index in [0.29, 0.717) is 31.1 Å². The predicted octanol–water partition coefficient (Wildman–Crippen LogP) is 4.83. The Hall–Kier alpha value is -3.54. The zero-order chi connectivity index (χ0) is 27.4. The van der Waals surface area contributed by atoms with Crippen molar-refractivity contribution in [3.63, 3.8) is 0 Å². The summed E-state index contributed by atoms with van der Waals surface area (Å²) in [5, 5.41) is 1.32. The number of hydrogen-bond donors (Lipinski definition) is 0. The van der Waals surface area contributed by atoms with Crippen LogP contribution in [0.1, 0.15) is 47.8 Å². The Balaban J connectivity index is 1.74. The Morgan fingerprint density at radius 2 is 1.89 bits per heavy atom. The molecule has 1 aliphatic rings. The summed E-state index contributed by atoms with van der Waals surface area (Å²) in [5.41, 5.74) is 1.32. The number of benzene rings is 2. The lowest BCUT2D eigenvalue weighted by molar-refractivity contribution is 0.0527. The van der Waals surface area contributed by atoms with Gasteiger partial charge in [0.2, 0.25) is 0 Å². The molecule has 3 aromatic rings. The van der Waals surface area contributed by atoms with E-state index in [-0.39, 0.29) is 12.1 Å². The van der Waals surface area contributed by atoms with Crippen molar-refractivity contribution >= 4 is 34.7 Å². The molecule has 1 aliphatic heterocycles. The second kappa shape index (κ2) is 11.5. The van der Waals surface area contributed by atoms with Crippen LogP contribution in [-0.2, 0) is 29.0 Å². The number of esters is 1. The third kappa shape index (κ3) is 6.29. The highest BCUT2D eigenvalue weighted by Crippen LogP contribution is 2.41. The van der Waals surface area contributed by atoms with Gasteiger partial charge in [0.25, 0.3) is 0 Å². The van der Waals surface area contributed by atoms with Crippen molar-refractivity contribution < 1.29 is 28.5 Å². The molecule has 0 unspecified atom stereocenters. The van der Waals surface area contributed by atoms with Crippen molar-refractivity contribution in [3.8, 4) is 11.5 Å². The van der Waals surface area contributed by atoms with E-state index >= 15 is 0 Å². The molecule has 0 saturated carbocycles. The van der Waals surface area contributed by atoms with E-state index in [1.54, 1.807) is 20.8 Å². The minimum absolute atomic E-state index is 0.0750. The van der Waals surface area contributed by atoms with Crippen LogP contribution in [0.4, 0.5) is 4.79 Å². The summed E-state index contributed by atoms with van der Waals surface area (Å²) in [4.78, 5) is 37.8. The van der Waals surface area contributed by atoms with Crippen LogP contribution in [0.15, 0.2) is 59.7 Å². The van der Waals surface area contributed by atoms with Crippen molar-refractivity contribution in [1.29, 1.82) is 0 Å². The van der Waals surface area contributed by atoms with Crippen molar-refractivity contribution in [3.05, 3.63) is 90.9 Å². The maximum absolute atomic E-state index is 13.4. The fourth-order valence-corrected chi connectivity index (χ4v) is 4.77. The van der Waals surface area contributed by atoms with Crippen LogP contribution in [0.25, 0.3) is 0 Å².